The van der Waals surface area contributed by atoms with Gasteiger partial charge in [-0.05, 0) is 33.6 Å². The minimum atomic E-state index is 0.386. The standard InChI is InChI=1S/C12H21N3S/c1-8-6-11(13)4-5-15(8)10(3)12-14-7-9(2)16-12/h7-8,10-11H,4-6,13H2,1-3H3. The Morgan fingerprint density at radius 3 is 2.94 bits per heavy atom. The highest BCUT2D eigenvalue weighted by atomic mass is 32.1. The van der Waals surface area contributed by atoms with E-state index in [-0.39, 0.29) is 0 Å². The summed E-state index contributed by atoms with van der Waals surface area (Å²) in [6, 6.07) is 1.39. The molecule has 0 radical (unpaired) electrons. The predicted molar refractivity (Wildman–Crippen MR) is 68.6 cm³/mol. The highest BCUT2D eigenvalue weighted by molar-refractivity contribution is 7.11. The van der Waals surface area contributed by atoms with Crippen molar-refractivity contribution in [3.8, 4) is 0 Å². The first-order chi connectivity index (χ1) is 7.58. The minimum Gasteiger partial charge on any atom is -0.328 e. The second-order valence-corrected chi connectivity index (χ2v) is 6.12. The van der Waals surface area contributed by atoms with Crippen molar-refractivity contribution in [1.82, 2.24) is 9.88 Å². The topological polar surface area (TPSA) is 42.2 Å². The van der Waals surface area contributed by atoms with Gasteiger partial charge in [0, 0.05) is 29.7 Å². The summed E-state index contributed by atoms with van der Waals surface area (Å²) in [5.41, 5.74) is 5.99. The van der Waals surface area contributed by atoms with Crippen LogP contribution in [0, 0.1) is 6.92 Å². The van der Waals surface area contributed by atoms with Crippen LogP contribution in [0.4, 0.5) is 0 Å². The van der Waals surface area contributed by atoms with E-state index in [1.54, 1.807) is 0 Å². The number of aryl methyl sites for hydroxylation is 1. The van der Waals surface area contributed by atoms with Gasteiger partial charge in [-0.15, -0.1) is 11.3 Å². The molecule has 2 rings (SSSR count). The van der Waals surface area contributed by atoms with E-state index in [0.29, 0.717) is 18.1 Å². The van der Waals surface area contributed by atoms with Crippen molar-refractivity contribution in [2.75, 3.05) is 6.54 Å². The fourth-order valence-electron chi connectivity index (χ4n) is 2.51. The number of piperidine rings is 1. The van der Waals surface area contributed by atoms with Gasteiger partial charge in [-0.1, -0.05) is 0 Å². The Labute approximate surface area is 102 Å². The summed E-state index contributed by atoms with van der Waals surface area (Å²) in [7, 11) is 0. The third-order valence-electron chi connectivity index (χ3n) is 3.46. The molecule has 2 N–H and O–H groups in total. The number of nitrogens with two attached hydrogens (primary N) is 1. The summed E-state index contributed by atoms with van der Waals surface area (Å²) in [5, 5.41) is 1.24. The molecule has 0 spiro atoms. The van der Waals surface area contributed by atoms with Crippen molar-refractivity contribution in [3.63, 3.8) is 0 Å². The van der Waals surface area contributed by atoms with E-state index in [2.05, 4.69) is 30.7 Å². The molecule has 0 bridgehead atoms. The van der Waals surface area contributed by atoms with Crippen LogP contribution in [0.2, 0.25) is 0 Å². The maximum atomic E-state index is 5.99. The van der Waals surface area contributed by atoms with Gasteiger partial charge in [0.05, 0.1) is 6.04 Å². The molecule has 2 heterocycles. The first-order valence-electron chi connectivity index (χ1n) is 6.01. The average Bonchev–Trinajstić information content (AvgIpc) is 2.64. The normalized spacial score (nSPS) is 29.2. The Morgan fingerprint density at radius 2 is 2.38 bits per heavy atom. The monoisotopic (exact) mass is 239 g/mol. The molecule has 0 aromatic carbocycles. The van der Waals surface area contributed by atoms with Crippen molar-refractivity contribution in [2.45, 2.75) is 51.7 Å². The lowest BCUT2D eigenvalue weighted by atomic mass is 9.97. The van der Waals surface area contributed by atoms with Crippen LogP contribution in [0.25, 0.3) is 0 Å². The molecule has 0 aliphatic carbocycles. The number of hydrogen-bond donors (Lipinski definition) is 1. The van der Waals surface area contributed by atoms with Gasteiger partial charge in [-0.2, -0.15) is 0 Å². The number of aromatic nitrogens is 1. The summed E-state index contributed by atoms with van der Waals surface area (Å²) < 4.78 is 0. The van der Waals surface area contributed by atoms with E-state index in [0.717, 1.165) is 19.4 Å². The molecule has 0 amide bonds. The van der Waals surface area contributed by atoms with E-state index < -0.39 is 0 Å². The number of thiazole rings is 1. The Hall–Kier alpha value is -0.450. The molecule has 1 saturated heterocycles. The first kappa shape index (κ1) is 12.0. The van der Waals surface area contributed by atoms with Crippen LogP contribution >= 0.6 is 11.3 Å². The summed E-state index contributed by atoms with van der Waals surface area (Å²) in [5.74, 6) is 0. The van der Waals surface area contributed by atoms with Gasteiger partial charge in [0.2, 0.25) is 0 Å². The van der Waals surface area contributed by atoms with Gasteiger partial charge in [-0.25, -0.2) is 4.98 Å². The van der Waals surface area contributed by atoms with E-state index >= 15 is 0 Å². The fraction of sp³-hybridized carbons (Fsp3) is 0.750. The second kappa shape index (κ2) is 4.82. The van der Waals surface area contributed by atoms with Crippen LogP contribution in [0.5, 0.6) is 0 Å². The zero-order valence-electron chi connectivity index (χ0n) is 10.3. The number of likely N-dealkylation sites (tertiary alicyclic amines) is 1. The number of rotatable bonds is 2. The molecule has 1 aliphatic rings. The van der Waals surface area contributed by atoms with Crippen LogP contribution in [0.15, 0.2) is 6.20 Å². The second-order valence-electron chi connectivity index (χ2n) is 4.86. The lowest BCUT2D eigenvalue weighted by molar-refractivity contribution is 0.104. The Morgan fingerprint density at radius 1 is 1.62 bits per heavy atom. The first-order valence-corrected chi connectivity index (χ1v) is 6.83. The van der Waals surface area contributed by atoms with E-state index in [1.807, 2.05) is 17.5 Å². The quantitative estimate of drug-likeness (QED) is 0.861. The van der Waals surface area contributed by atoms with Crippen molar-refractivity contribution < 1.29 is 0 Å². The van der Waals surface area contributed by atoms with E-state index in [9.17, 15) is 0 Å². The fourth-order valence-corrected chi connectivity index (χ4v) is 3.36. The van der Waals surface area contributed by atoms with Crippen LogP contribution in [0.1, 0.15) is 42.6 Å². The largest absolute Gasteiger partial charge is 0.328 e. The third-order valence-corrected chi connectivity index (χ3v) is 4.55. The van der Waals surface area contributed by atoms with Crippen LogP contribution < -0.4 is 5.73 Å². The Bertz CT molecular complexity index is 350. The molecule has 4 heteroatoms. The number of nitrogens with zero attached hydrogens (tertiary/aromatic N) is 2. The van der Waals surface area contributed by atoms with Crippen molar-refractivity contribution in [1.29, 1.82) is 0 Å². The van der Waals surface area contributed by atoms with Crippen LogP contribution in [-0.2, 0) is 0 Å². The molecule has 0 saturated carbocycles. The van der Waals surface area contributed by atoms with Crippen molar-refractivity contribution >= 4 is 11.3 Å². The van der Waals surface area contributed by atoms with Gasteiger partial charge >= 0.3 is 0 Å². The SMILES string of the molecule is Cc1cnc(C(C)N2CCC(N)CC2C)s1. The summed E-state index contributed by atoms with van der Waals surface area (Å²) in [4.78, 5) is 8.31. The number of hydrogen-bond acceptors (Lipinski definition) is 4. The maximum absolute atomic E-state index is 5.99. The molecule has 90 valence electrons. The molecular weight excluding hydrogens is 218 g/mol. The zero-order chi connectivity index (χ0) is 11.7. The van der Waals surface area contributed by atoms with Gasteiger partial charge in [-0.3, -0.25) is 4.90 Å². The zero-order valence-corrected chi connectivity index (χ0v) is 11.1. The van der Waals surface area contributed by atoms with Gasteiger partial charge in [0.1, 0.15) is 5.01 Å². The smallest absolute Gasteiger partial charge is 0.110 e. The molecule has 1 aromatic rings. The lowest BCUT2D eigenvalue weighted by Gasteiger charge is -2.39. The van der Waals surface area contributed by atoms with Crippen molar-refractivity contribution in [2.24, 2.45) is 5.73 Å². The lowest BCUT2D eigenvalue weighted by Crippen LogP contribution is -2.46. The van der Waals surface area contributed by atoms with Crippen LogP contribution in [-0.4, -0.2) is 28.5 Å². The summed E-state index contributed by atoms with van der Waals surface area (Å²) in [6.07, 6.45) is 4.19. The molecule has 1 aromatic heterocycles. The third kappa shape index (κ3) is 2.44. The van der Waals surface area contributed by atoms with Crippen molar-refractivity contribution in [3.05, 3.63) is 16.1 Å². The Balaban J connectivity index is 2.07. The Kier molecular flexibility index (Phi) is 3.62. The molecule has 1 fully saturated rings. The molecule has 16 heavy (non-hydrogen) atoms. The molecular formula is C12H21N3S. The van der Waals surface area contributed by atoms with Gasteiger partial charge in [0.15, 0.2) is 0 Å². The molecule has 3 unspecified atom stereocenters. The molecule has 3 atom stereocenters. The van der Waals surface area contributed by atoms with Crippen LogP contribution in [0.3, 0.4) is 0 Å². The summed E-state index contributed by atoms with van der Waals surface area (Å²) >= 11 is 1.81. The van der Waals surface area contributed by atoms with E-state index in [4.69, 9.17) is 5.73 Å². The maximum Gasteiger partial charge on any atom is 0.110 e. The van der Waals surface area contributed by atoms with Gasteiger partial charge in [0.25, 0.3) is 0 Å². The summed E-state index contributed by atoms with van der Waals surface area (Å²) in [6.45, 7) is 7.74. The molecule has 1 aliphatic heterocycles. The van der Waals surface area contributed by atoms with E-state index in [1.165, 1.54) is 9.88 Å². The minimum absolute atomic E-state index is 0.386. The predicted octanol–water partition coefficient (Wildman–Crippen LogP) is 2.32. The highest BCUT2D eigenvalue weighted by Crippen LogP contribution is 2.29. The average molecular weight is 239 g/mol. The molecule has 3 nitrogen and oxygen atoms in total. The highest BCUT2D eigenvalue weighted by Gasteiger charge is 2.28. The van der Waals surface area contributed by atoms with Gasteiger partial charge < -0.3 is 5.73 Å².